The fourth-order valence-corrected chi connectivity index (χ4v) is 5.05. The highest BCUT2D eigenvalue weighted by Crippen LogP contribution is 2.39. The number of thiazole rings is 1. The Balaban J connectivity index is 2.05. The maximum Gasteiger partial charge on any atom is 0.323 e. The number of nitrogens with zero attached hydrogens (tertiary/aromatic N) is 1. The van der Waals surface area contributed by atoms with Crippen LogP contribution in [0.3, 0.4) is 0 Å². The van der Waals surface area contributed by atoms with Crippen molar-refractivity contribution in [3.05, 3.63) is 11.1 Å². The SMILES string of the molecule is CCNC1(C(=O)O)CCCC(Sc2nc(C)cs2)C1. The van der Waals surface area contributed by atoms with Crippen LogP contribution in [0.5, 0.6) is 0 Å². The highest BCUT2D eigenvalue weighted by molar-refractivity contribution is 8.01. The van der Waals surface area contributed by atoms with E-state index in [4.69, 9.17) is 0 Å². The molecule has 0 aliphatic heterocycles. The van der Waals surface area contributed by atoms with Crippen molar-refractivity contribution in [1.29, 1.82) is 0 Å². The number of likely N-dealkylation sites (N-methyl/N-ethyl adjacent to an activating group) is 1. The summed E-state index contributed by atoms with van der Waals surface area (Å²) < 4.78 is 1.06. The number of hydrogen-bond donors (Lipinski definition) is 2. The number of carbonyl (C=O) groups is 1. The second-order valence-electron chi connectivity index (χ2n) is 5.01. The van der Waals surface area contributed by atoms with E-state index in [0.29, 0.717) is 18.2 Å². The lowest BCUT2D eigenvalue weighted by atomic mass is 9.81. The number of hydrogen-bond acceptors (Lipinski definition) is 5. The Hall–Kier alpha value is -0.590. The van der Waals surface area contributed by atoms with Gasteiger partial charge in [-0.25, -0.2) is 4.98 Å². The number of rotatable bonds is 5. The molecule has 1 aliphatic carbocycles. The number of carboxylic acids is 1. The molecule has 19 heavy (non-hydrogen) atoms. The van der Waals surface area contributed by atoms with Crippen LogP contribution in [-0.4, -0.2) is 33.4 Å². The van der Waals surface area contributed by atoms with Crippen LogP contribution < -0.4 is 5.32 Å². The van der Waals surface area contributed by atoms with Crippen molar-refractivity contribution in [3.63, 3.8) is 0 Å². The average Bonchev–Trinajstić information content (AvgIpc) is 2.75. The standard InChI is InChI=1S/C13H20N2O2S2/c1-3-14-13(11(16)17)6-4-5-10(7-13)19-12-15-9(2)8-18-12/h8,10,14H,3-7H2,1-2H3,(H,16,17). The number of thioether (sulfide) groups is 1. The molecule has 0 amide bonds. The van der Waals surface area contributed by atoms with Crippen LogP contribution in [0.4, 0.5) is 0 Å². The zero-order chi connectivity index (χ0) is 13.9. The van der Waals surface area contributed by atoms with E-state index in [1.165, 1.54) is 0 Å². The van der Waals surface area contributed by atoms with Gasteiger partial charge in [-0.3, -0.25) is 4.79 Å². The van der Waals surface area contributed by atoms with Gasteiger partial charge in [-0.1, -0.05) is 18.7 Å². The van der Waals surface area contributed by atoms with E-state index in [2.05, 4.69) is 10.3 Å². The van der Waals surface area contributed by atoms with Gasteiger partial charge in [0.15, 0.2) is 0 Å². The van der Waals surface area contributed by atoms with E-state index in [0.717, 1.165) is 29.3 Å². The normalized spacial score (nSPS) is 27.4. The van der Waals surface area contributed by atoms with E-state index >= 15 is 0 Å². The zero-order valence-electron chi connectivity index (χ0n) is 11.3. The molecule has 1 aliphatic rings. The number of aromatic nitrogens is 1. The van der Waals surface area contributed by atoms with E-state index in [9.17, 15) is 9.90 Å². The van der Waals surface area contributed by atoms with Crippen LogP contribution in [0.15, 0.2) is 9.72 Å². The molecule has 1 aromatic heterocycles. The predicted octanol–water partition coefficient (Wildman–Crippen LogP) is 2.92. The van der Waals surface area contributed by atoms with Crippen LogP contribution in [0, 0.1) is 6.92 Å². The molecule has 2 atom stereocenters. The topological polar surface area (TPSA) is 62.2 Å². The van der Waals surface area contributed by atoms with E-state index in [-0.39, 0.29) is 0 Å². The van der Waals surface area contributed by atoms with Crippen molar-refractivity contribution < 1.29 is 9.90 Å². The Morgan fingerprint density at radius 1 is 1.74 bits per heavy atom. The Bertz CT molecular complexity index is 446. The van der Waals surface area contributed by atoms with Crippen molar-refractivity contribution in [3.8, 4) is 0 Å². The van der Waals surface area contributed by atoms with Gasteiger partial charge in [0.2, 0.25) is 0 Å². The number of nitrogens with one attached hydrogen (secondary N) is 1. The molecule has 0 bridgehead atoms. The third-order valence-corrected chi connectivity index (χ3v) is 5.85. The monoisotopic (exact) mass is 300 g/mol. The third-order valence-electron chi connectivity index (χ3n) is 3.50. The molecule has 4 nitrogen and oxygen atoms in total. The molecular formula is C13H20N2O2S2. The van der Waals surface area contributed by atoms with E-state index in [1.807, 2.05) is 19.2 Å². The average molecular weight is 300 g/mol. The number of carboxylic acid groups (broad SMARTS) is 1. The first-order chi connectivity index (χ1) is 9.05. The molecule has 0 radical (unpaired) electrons. The highest BCUT2D eigenvalue weighted by Gasteiger charge is 2.42. The summed E-state index contributed by atoms with van der Waals surface area (Å²) in [6, 6.07) is 0. The van der Waals surface area contributed by atoms with Gasteiger partial charge in [-0.05, 0) is 39.2 Å². The Morgan fingerprint density at radius 3 is 3.11 bits per heavy atom. The maximum atomic E-state index is 11.6. The van der Waals surface area contributed by atoms with Gasteiger partial charge < -0.3 is 10.4 Å². The van der Waals surface area contributed by atoms with Crippen LogP contribution in [0.2, 0.25) is 0 Å². The summed E-state index contributed by atoms with van der Waals surface area (Å²) in [5.41, 5.74) is 0.302. The van der Waals surface area contributed by atoms with Gasteiger partial charge in [0.1, 0.15) is 9.88 Å². The predicted molar refractivity (Wildman–Crippen MR) is 79.0 cm³/mol. The minimum Gasteiger partial charge on any atom is -0.480 e. The van der Waals surface area contributed by atoms with Crippen molar-refractivity contribution in [1.82, 2.24) is 10.3 Å². The first-order valence-corrected chi connectivity index (χ1v) is 8.39. The molecule has 0 saturated heterocycles. The summed E-state index contributed by atoms with van der Waals surface area (Å²) in [5.74, 6) is -0.713. The van der Waals surface area contributed by atoms with E-state index in [1.54, 1.807) is 23.1 Å². The minimum absolute atomic E-state index is 0.342. The van der Waals surface area contributed by atoms with Crippen molar-refractivity contribution in [2.75, 3.05) is 6.54 Å². The lowest BCUT2D eigenvalue weighted by Crippen LogP contribution is -2.55. The molecule has 1 aromatic rings. The molecular weight excluding hydrogens is 280 g/mol. The lowest BCUT2D eigenvalue weighted by Gasteiger charge is -2.37. The summed E-state index contributed by atoms with van der Waals surface area (Å²) in [5, 5.41) is 15.1. The largest absolute Gasteiger partial charge is 0.480 e. The van der Waals surface area contributed by atoms with Gasteiger partial charge in [0.25, 0.3) is 0 Å². The molecule has 1 saturated carbocycles. The minimum atomic E-state index is -0.739. The summed E-state index contributed by atoms with van der Waals surface area (Å²) in [7, 11) is 0. The van der Waals surface area contributed by atoms with Crippen LogP contribution in [-0.2, 0) is 4.79 Å². The summed E-state index contributed by atoms with van der Waals surface area (Å²) >= 11 is 3.38. The van der Waals surface area contributed by atoms with Crippen molar-refractivity contribution >= 4 is 29.1 Å². The molecule has 2 N–H and O–H groups in total. The molecule has 6 heteroatoms. The second-order valence-corrected chi connectivity index (χ2v) is 7.41. The van der Waals surface area contributed by atoms with E-state index < -0.39 is 11.5 Å². The highest BCUT2D eigenvalue weighted by atomic mass is 32.2. The zero-order valence-corrected chi connectivity index (χ0v) is 12.9. The Labute approximate surface area is 122 Å². The molecule has 106 valence electrons. The second kappa shape index (κ2) is 6.24. The third kappa shape index (κ3) is 3.49. The van der Waals surface area contributed by atoms with Gasteiger partial charge in [-0.2, -0.15) is 0 Å². The molecule has 2 rings (SSSR count). The van der Waals surface area contributed by atoms with Crippen LogP contribution in [0.25, 0.3) is 0 Å². The molecule has 0 spiro atoms. The Kier molecular flexibility index (Phi) is 4.86. The Morgan fingerprint density at radius 2 is 2.53 bits per heavy atom. The fraction of sp³-hybridized carbons (Fsp3) is 0.692. The van der Waals surface area contributed by atoms with Crippen LogP contribution >= 0.6 is 23.1 Å². The first kappa shape index (κ1) is 14.8. The first-order valence-electron chi connectivity index (χ1n) is 6.63. The van der Waals surface area contributed by atoms with Gasteiger partial charge in [0, 0.05) is 16.3 Å². The lowest BCUT2D eigenvalue weighted by molar-refractivity contribution is -0.146. The summed E-state index contributed by atoms with van der Waals surface area (Å²) in [6.07, 6.45) is 3.44. The molecule has 2 unspecified atom stereocenters. The van der Waals surface area contributed by atoms with Crippen molar-refractivity contribution in [2.45, 2.75) is 54.7 Å². The number of aliphatic carboxylic acids is 1. The van der Waals surface area contributed by atoms with Gasteiger partial charge in [0.05, 0.1) is 0 Å². The maximum absolute atomic E-state index is 11.6. The van der Waals surface area contributed by atoms with Gasteiger partial charge >= 0.3 is 5.97 Å². The van der Waals surface area contributed by atoms with Crippen LogP contribution in [0.1, 0.15) is 38.3 Å². The quantitative estimate of drug-likeness (QED) is 0.875. The summed E-state index contributed by atoms with van der Waals surface area (Å²) in [6.45, 7) is 4.65. The smallest absolute Gasteiger partial charge is 0.323 e. The fourth-order valence-electron chi connectivity index (χ4n) is 2.62. The molecule has 0 aromatic carbocycles. The van der Waals surface area contributed by atoms with Gasteiger partial charge in [-0.15, -0.1) is 11.3 Å². The van der Waals surface area contributed by atoms with Crippen molar-refractivity contribution in [2.24, 2.45) is 0 Å². The molecule has 1 fully saturated rings. The summed E-state index contributed by atoms with van der Waals surface area (Å²) in [4.78, 5) is 16.0. The molecule has 1 heterocycles. The number of aryl methyl sites for hydroxylation is 1.